The Morgan fingerprint density at radius 2 is 1.95 bits per heavy atom. The minimum atomic E-state index is -2.79. The van der Waals surface area contributed by atoms with Crippen molar-refractivity contribution < 1.29 is 8.42 Å². The van der Waals surface area contributed by atoms with Crippen LogP contribution in [0.2, 0.25) is 0 Å². The third-order valence-corrected chi connectivity index (χ3v) is 6.16. The van der Waals surface area contributed by atoms with E-state index >= 15 is 0 Å². The SMILES string of the molecule is CN(C)CC1CCN(CCC2CS(=O)(=O)CCN2)CC1. The van der Waals surface area contributed by atoms with Gasteiger partial charge in [0.15, 0.2) is 9.84 Å². The lowest BCUT2D eigenvalue weighted by molar-refractivity contribution is 0.158. The molecule has 2 aliphatic rings. The second-order valence-corrected chi connectivity index (χ2v) is 8.83. The number of hydrogen-bond acceptors (Lipinski definition) is 5. The molecule has 2 saturated heterocycles. The molecule has 2 rings (SSSR count). The largest absolute Gasteiger partial charge is 0.312 e. The molecule has 0 amide bonds. The quantitative estimate of drug-likeness (QED) is 0.777. The first-order chi connectivity index (χ1) is 9.44. The average molecular weight is 303 g/mol. The maximum absolute atomic E-state index is 11.6. The molecule has 6 heteroatoms. The minimum Gasteiger partial charge on any atom is -0.312 e. The third kappa shape index (κ3) is 5.31. The highest BCUT2D eigenvalue weighted by molar-refractivity contribution is 7.91. The predicted molar refractivity (Wildman–Crippen MR) is 82.8 cm³/mol. The fourth-order valence-corrected chi connectivity index (χ4v) is 4.79. The Labute approximate surface area is 123 Å². The van der Waals surface area contributed by atoms with E-state index in [2.05, 4.69) is 29.2 Å². The molecule has 0 aromatic rings. The summed E-state index contributed by atoms with van der Waals surface area (Å²) in [7, 11) is 1.49. The van der Waals surface area contributed by atoms with Crippen LogP contribution >= 0.6 is 0 Å². The summed E-state index contributed by atoms with van der Waals surface area (Å²) >= 11 is 0. The van der Waals surface area contributed by atoms with Crippen LogP contribution in [0.25, 0.3) is 0 Å². The molecular weight excluding hydrogens is 274 g/mol. The first-order valence-electron chi connectivity index (χ1n) is 7.75. The van der Waals surface area contributed by atoms with E-state index in [0.29, 0.717) is 18.1 Å². The highest BCUT2D eigenvalue weighted by Gasteiger charge is 2.25. The summed E-state index contributed by atoms with van der Waals surface area (Å²) in [6.07, 6.45) is 3.50. The second-order valence-electron chi connectivity index (χ2n) is 6.60. The van der Waals surface area contributed by atoms with Crippen LogP contribution in [0.15, 0.2) is 0 Å². The van der Waals surface area contributed by atoms with Gasteiger partial charge in [0.25, 0.3) is 0 Å². The third-order valence-electron chi connectivity index (χ3n) is 4.43. The van der Waals surface area contributed by atoms with Crippen LogP contribution in [-0.2, 0) is 9.84 Å². The topological polar surface area (TPSA) is 52.7 Å². The van der Waals surface area contributed by atoms with Gasteiger partial charge in [0, 0.05) is 19.1 Å². The molecule has 0 aliphatic carbocycles. The van der Waals surface area contributed by atoms with Crippen molar-refractivity contribution in [2.75, 3.05) is 58.3 Å². The van der Waals surface area contributed by atoms with E-state index in [9.17, 15) is 8.42 Å². The molecule has 20 heavy (non-hydrogen) atoms. The van der Waals surface area contributed by atoms with Gasteiger partial charge in [0.1, 0.15) is 0 Å². The molecule has 0 aromatic carbocycles. The Morgan fingerprint density at radius 1 is 1.25 bits per heavy atom. The molecule has 2 fully saturated rings. The first-order valence-corrected chi connectivity index (χ1v) is 9.57. The van der Waals surface area contributed by atoms with Crippen molar-refractivity contribution in [3.05, 3.63) is 0 Å². The number of sulfone groups is 1. The number of piperidine rings is 1. The molecule has 2 heterocycles. The maximum Gasteiger partial charge on any atom is 0.153 e. The molecule has 118 valence electrons. The van der Waals surface area contributed by atoms with Crippen molar-refractivity contribution in [3.63, 3.8) is 0 Å². The number of likely N-dealkylation sites (tertiary alicyclic amines) is 1. The standard InChI is InChI=1S/C14H29N3O2S/c1-16(2)11-13-3-7-17(8-4-13)9-5-14-12-20(18,19)10-6-15-14/h13-15H,3-12H2,1-2H3. The number of nitrogens with zero attached hydrogens (tertiary/aromatic N) is 2. The van der Waals surface area contributed by atoms with Crippen molar-refractivity contribution in [2.24, 2.45) is 5.92 Å². The Morgan fingerprint density at radius 3 is 2.55 bits per heavy atom. The van der Waals surface area contributed by atoms with Crippen LogP contribution in [0.1, 0.15) is 19.3 Å². The van der Waals surface area contributed by atoms with Crippen molar-refractivity contribution in [1.29, 1.82) is 0 Å². The molecule has 0 radical (unpaired) electrons. The van der Waals surface area contributed by atoms with E-state index < -0.39 is 9.84 Å². The van der Waals surface area contributed by atoms with Gasteiger partial charge in [0.2, 0.25) is 0 Å². The molecular formula is C14H29N3O2S. The van der Waals surface area contributed by atoms with Gasteiger partial charge >= 0.3 is 0 Å². The number of nitrogens with one attached hydrogen (secondary N) is 1. The summed E-state index contributed by atoms with van der Waals surface area (Å²) in [6, 6.07) is 0.160. The fourth-order valence-electron chi connectivity index (χ4n) is 3.30. The highest BCUT2D eigenvalue weighted by atomic mass is 32.2. The van der Waals surface area contributed by atoms with Crippen molar-refractivity contribution in [1.82, 2.24) is 15.1 Å². The minimum absolute atomic E-state index is 0.160. The molecule has 1 atom stereocenters. The van der Waals surface area contributed by atoms with Gasteiger partial charge in [-0.05, 0) is 58.9 Å². The van der Waals surface area contributed by atoms with Gasteiger partial charge in [-0.3, -0.25) is 0 Å². The Hall–Kier alpha value is -0.170. The second kappa shape index (κ2) is 7.20. The van der Waals surface area contributed by atoms with E-state index in [1.165, 1.54) is 19.4 Å². The van der Waals surface area contributed by atoms with E-state index in [1.807, 2.05) is 0 Å². The number of rotatable bonds is 5. The highest BCUT2D eigenvalue weighted by Crippen LogP contribution is 2.18. The fraction of sp³-hybridized carbons (Fsp3) is 1.00. The maximum atomic E-state index is 11.6. The zero-order valence-corrected chi connectivity index (χ0v) is 13.7. The number of hydrogen-bond donors (Lipinski definition) is 1. The summed E-state index contributed by atoms with van der Waals surface area (Å²) in [5.41, 5.74) is 0. The molecule has 0 spiro atoms. The summed E-state index contributed by atoms with van der Waals surface area (Å²) in [5.74, 6) is 1.46. The van der Waals surface area contributed by atoms with Gasteiger partial charge in [-0.25, -0.2) is 8.42 Å². The van der Waals surface area contributed by atoms with Crippen LogP contribution in [0, 0.1) is 5.92 Å². The molecule has 1 unspecified atom stereocenters. The van der Waals surface area contributed by atoms with Crippen molar-refractivity contribution in [2.45, 2.75) is 25.3 Å². The Kier molecular flexibility index (Phi) is 5.84. The molecule has 0 saturated carbocycles. The van der Waals surface area contributed by atoms with E-state index in [4.69, 9.17) is 0 Å². The van der Waals surface area contributed by atoms with Gasteiger partial charge in [-0.15, -0.1) is 0 Å². The molecule has 2 aliphatic heterocycles. The van der Waals surface area contributed by atoms with Crippen LogP contribution in [-0.4, -0.2) is 82.6 Å². The average Bonchev–Trinajstić information content (AvgIpc) is 2.36. The van der Waals surface area contributed by atoms with Crippen molar-refractivity contribution in [3.8, 4) is 0 Å². The summed E-state index contributed by atoms with van der Waals surface area (Å²) in [4.78, 5) is 4.77. The smallest absolute Gasteiger partial charge is 0.153 e. The summed E-state index contributed by atoms with van der Waals surface area (Å²) in [5, 5.41) is 3.34. The predicted octanol–water partition coefficient (Wildman–Crippen LogP) is 0.0367. The monoisotopic (exact) mass is 303 g/mol. The Bertz CT molecular complexity index is 389. The van der Waals surface area contributed by atoms with E-state index in [-0.39, 0.29) is 6.04 Å². The molecule has 0 aromatic heterocycles. The lowest BCUT2D eigenvalue weighted by atomic mass is 9.96. The summed E-state index contributed by atoms with van der Waals surface area (Å²) in [6.45, 7) is 5.17. The lowest BCUT2D eigenvalue weighted by Crippen LogP contribution is -2.47. The van der Waals surface area contributed by atoms with Crippen LogP contribution in [0.5, 0.6) is 0 Å². The van der Waals surface area contributed by atoms with Crippen molar-refractivity contribution >= 4 is 9.84 Å². The normalized spacial score (nSPS) is 28.9. The molecule has 0 bridgehead atoms. The van der Waals surface area contributed by atoms with E-state index in [1.54, 1.807) is 0 Å². The lowest BCUT2D eigenvalue weighted by Gasteiger charge is -2.34. The Balaban J connectivity index is 1.66. The summed E-state index contributed by atoms with van der Waals surface area (Å²) < 4.78 is 23.2. The zero-order valence-electron chi connectivity index (χ0n) is 12.8. The van der Waals surface area contributed by atoms with Crippen LogP contribution in [0.3, 0.4) is 0 Å². The zero-order chi connectivity index (χ0) is 14.6. The molecule has 1 N–H and O–H groups in total. The van der Waals surface area contributed by atoms with Gasteiger partial charge < -0.3 is 15.1 Å². The van der Waals surface area contributed by atoms with Gasteiger partial charge in [0.05, 0.1) is 11.5 Å². The van der Waals surface area contributed by atoms with Crippen LogP contribution in [0.4, 0.5) is 0 Å². The first kappa shape index (κ1) is 16.2. The van der Waals surface area contributed by atoms with Gasteiger partial charge in [-0.2, -0.15) is 0 Å². The van der Waals surface area contributed by atoms with Crippen LogP contribution < -0.4 is 5.32 Å². The van der Waals surface area contributed by atoms with Gasteiger partial charge in [-0.1, -0.05) is 0 Å². The molecule has 5 nitrogen and oxygen atoms in total. The van der Waals surface area contributed by atoms with E-state index in [0.717, 1.165) is 32.0 Å².